The Labute approximate surface area is 253 Å². The van der Waals surface area contributed by atoms with Crippen LogP contribution >= 0.6 is 0 Å². The van der Waals surface area contributed by atoms with Crippen LogP contribution < -0.4 is 10.2 Å². The Balaban J connectivity index is 0.00000760. The van der Waals surface area contributed by atoms with Crippen molar-refractivity contribution in [3.05, 3.63) is 57.6 Å². The minimum absolute atomic E-state index is 0. The minimum Gasteiger partial charge on any atom is -0.872 e. The molecule has 0 aliphatic rings. The van der Waals surface area contributed by atoms with Crippen molar-refractivity contribution in [1.82, 2.24) is 9.80 Å². The van der Waals surface area contributed by atoms with E-state index in [0.717, 1.165) is 35.3 Å². The van der Waals surface area contributed by atoms with Crippen molar-refractivity contribution in [3.63, 3.8) is 0 Å². The summed E-state index contributed by atoms with van der Waals surface area (Å²) in [7, 11) is 4.15. The first-order chi connectivity index (χ1) is 17.0. The first kappa shape index (κ1) is 35.6. The molecule has 2 rings (SSSR count). The average molecular weight is 588 g/mol. The van der Waals surface area contributed by atoms with Crippen molar-refractivity contribution in [2.24, 2.45) is 0 Å². The van der Waals surface area contributed by atoms with Gasteiger partial charge in [-0.3, -0.25) is 0 Å². The SMILES string of the molecule is CN(CCN(C)Cc1cc(C(C)(C)C)cc(C(C)(C)C)c1[O-])Cc1cc(C(C)(C)C)cc(C(C)(C)C)c1[O-].[Zn+2]. The molecule has 2 aromatic carbocycles. The second-order valence-electron chi connectivity index (χ2n) is 15.5. The van der Waals surface area contributed by atoms with Crippen molar-refractivity contribution in [2.45, 2.75) is 118 Å². The number of hydrogen-bond donors (Lipinski definition) is 0. The molecule has 5 heteroatoms. The summed E-state index contributed by atoms with van der Waals surface area (Å²) in [5.41, 5.74) is 5.48. The van der Waals surface area contributed by atoms with Gasteiger partial charge in [0.05, 0.1) is 0 Å². The number of hydrogen-bond acceptors (Lipinski definition) is 4. The van der Waals surface area contributed by atoms with Gasteiger partial charge in [0.2, 0.25) is 0 Å². The quantitative estimate of drug-likeness (QED) is 0.343. The first-order valence-corrected chi connectivity index (χ1v) is 14.1. The minimum atomic E-state index is -0.199. The van der Waals surface area contributed by atoms with Crippen LogP contribution in [0.25, 0.3) is 0 Å². The molecule has 0 aromatic heterocycles. The smallest absolute Gasteiger partial charge is 0.872 e. The van der Waals surface area contributed by atoms with Crippen LogP contribution in [0.1, 0.15) is 116 Å². The molecule has 0 amide bonds. The molecular formula is C34H54N2O2Zn. The summed E-state index contributed by atoms with van der Waals surface area (Å²) in [6.07, 6.45) is 0. The molecule has 0 aliphatic carbocycles. The van der Waals surface area contributed by atoms with Crippen LogP contribution in [-0.4, -0.2) is 37.0 Å². The second-order valence-corrected chi connectivity index (χ2v) is 15.5. The molecule has 39 heavy (non-hydrogen) atoms. The van der Waals surface area contributed by atoms with Gasteiger partial charge in [0.1, 0.15) is 0 Å². The summed E-state index contributed by atoms with van der Waals surface area (Å²) in [5.74, 6) is 0.325. The van der Waals surface area contributed by atoms with E-state index in [1.54, 1.807) is 0 Å². The normalized spacial score (nSPS) is 13.2. The Morgan fingerprint density at radius 2 is 0.795 bits per heavy atom. The molecule has 0 spiro atoms. The number of benzene rings is 2. The van der Waals surface area contributed by atoms with E-state index in [1.165, 1.54) is 11.1 Å². The Bertz CT molecular complexity index is 1020. The molecule has 0 saturated heterocycles. The van der Waals surface area contributed by atoms with Crippen molar-refractivity contribution < 1.29 is 29.7 Å². The Morgan fingerprint density at radius 3 is 1.03 bits per heavy atom. The predicted octanol–water partition coefficient (Wildman–Crippen LogP) is 6.59. The summed E-state index contributed by atoms with van der Waals surface area (Å²) < 4.78 is 0. The van der Waals surface area contributed by atoms with E-state index >= 15 is 0 Å². The van der Waals surface area contributed by atoms with Crippen LogP contribution in [0.4, 0.5) is 0 Å². The van der Waals surface area contributed by atoms with E-state index in [2.05, 4.69) is 131 Å². The summed E-state index contributed by atoms with van der Waals surface area (Å²) in [5, 5.41) is 26.8. The molecular weight excluding hydrogens is 534 g/mol. The first-order valence-electron chi connectivity index (χ1n) is 14.1. The zero-order chi connectivity index (χ0) is 29.4. The van der Waals surface area contributed by atoms with Gasteiger partial charge in [-0.15, -0.1) is 11.5 Å². The van der Waals surface area contributed by atoms with Gasteiger partial charge in [-0.1, -0.05) is 107 Å². The Kier molecular flexibility index (Phi) is 11.5. The van der Waals surface area contributed by atoms with Gasteiger partial charge in [-0.05, 0) is 69.1 Å². The predicted molar refractivity (Wildman–Crippen MR) is 159 cm³/mol. The molecule has 2 aromatic rings. The third-order valence-electron chi connectivity index (χ3n) is 7.42. The Hall–Kier alpha value is -1.42. The van der Waals surface area contributed by atoms with Crippen LogP contribution in [-0.2, 0) is 54.2 Å². The molecule has 0 atom stereocenters. The monoisotopic (exact) mass is 586 g/mol. The standard InChI is InChI=1S/C34H56N2O2.Zn/c1-31(2,3)25-17-23(29(37)27(19-25)33(7,8)9)21-35(13)15-16-36(14)22-24-18-26(32(4,5)6)20-28(30(24)38)34(10,11)12;/h17-20,37-38H,15-16,21-22H2,1-14H3;/q;+2/p-2. The van der Waals surface area contributed by atoms with E-state index in [0.29, 0.717) is 13.1 Å². The molecule has 0 radical (unpaired) electrons. The molecule has 0 N–H and O–H groups in total. The topological polar surface area (TPSA) is 52.6 Å². The Morgan fingerprint density at radius 1 is 0.513 bits per heavy atom. The maximum absolute atomic E-state index is 13.4. The van der Waals surface area contributed by atoms with Crippen LogP contribution in [0, 0.1) is 0 Å². The maximum Gasteiger partial charge on any atom is 2.00 e. The second kappa shape index (κ2) is 12.6. The molecule has 0 bridgehead atoms. The van der Waals surface area contributed by atoms with Crippen molar-refractivity contribution in [3.8, 4) is 11.5 Å². The van der Waals surface area contributed by atoms with Gasteiger partial charge in [-0.2, -0.15) is 0 Å². The van der Waals surface area contributed by atoms with Gasteiger partial charge in [-0.25, -0.2) is 0 Å². The van der Waals surface area contributed by atoms with Crippen molar-refractivity contribution in [2.75, 3.05) is 27.2 Å². The average Bonchev–Trinajstić information content (AvgIpc) is 2.71. The number of likely N-dealkylation sites (N-methyl/N-ethyl adjacent to an activating group) is 2. The van der Waals surface area contributed by atoms with Gasteiger partial charge >= 0.3 is 19.5 Å². The summed E-state index contributed by atoms with van der Waals surface area (Å²) in [6.45, 7) is 28.7. The van der Waals surface area contributed by atoms with Crippen LogP contribution in [0.5, 0.6) is 11.5 Å². The van der Waals surface area contributed by atoms with Crippen LogP contribution in [0.15, 0.2) is 24.3 Å². The largest absolute Gasteiger partial charge is 2.00 e. The third-order valence-corrected chi connectivity index (χ3v) is 7.42. The van der Waals surface area contributed by atoms with E-state index in [1.807, 2.05) is 0 Å². The molecule has 4 nitrogen and oxygen atoms in total. The van der Waals surface area contributed by atoms with E-state index < -0.39 is 0 Å². The maximum atomic E-state index is 13.4. The molecule has 214 valence electrons. The third kappa shape index (κ3) is 9.58. The van der Waals surface area contributed by atoms with E-state index in [-0.39, 0.29) is 52.6 Å². The van der Waals surface area contributed by atoms with Crippen LogP contribution in [0.3, 0.4) is 0 Å². The zero-order valence-corrected chi connectivity index (χ0v) is 30.5. The molecule has 0 fully saturated rings. The fourth-order valence-electron chi connectivity index (χ4n) is 4.67. The van der Waals surface area contributed by atoms with Gasteiger partial charge < -0.3 is 20.0 Å². The number of nitrogens with zero attached hydrogens (tertiary/aromatic N) is 2. The summed E-state index contributed by atoms with van der Waals surface area (Å²) >= 11 is 0. The fraction of sp³-hybridized carbons (Fsp3) is 0.647. The molecule has 0 unspecified atom stereocenters. The molecule has 0 heterocycles. The van der Waals surface area contributed by atoms with E-state index in [4.69, 9.17) is 0 Å². The van der Waals surface area contributed by atoms with Crippen molar-refractivity contribution >= 4 is 0 Å². The van der Waals surface area contributed by atoms with Gasteiger partial charge in [0.25, 0.3) is 0 Å². The summed E-state index contributed by atoms with van der Waals surface area (Å²) in [4.78, 5) is 4.44. The molecule has 0 aliphatic heterocycles. The van der Waals surface area contributed by atoms with Gasteiger partial charge in [0.15, 0.2) is 0 Å². The van der Waals surface area contributed by atoms with Crippen molar-refractivity contribution in [1.29, 1.82) is 0 Å². The number of rotatable bonds is 7. The zero-order valence-electron chi connectivity index (χ0n) is 27.6. The van der Waals surface area contributed by atoms with E-state index in [9.17, 15) is 10.2 Å². The summed E-state index contributed by atoms with van der Waals surface area (Å²) in [6, 6.07) is 8.43. The fourth-order valence-corrected chi connectivity index (χ4v) is 4.67. The molecule has 0 saturated carbocycles. The van der Waals surface area contributed by atoms with Gasteiger partial charge in [0, 0.05) is 26.2 Å². The van der Waals surface area contributed by atoms with Crippen LogP contribution in [0.2, 0.25) is 0 Å².